The summed E-state index contributed by atoms with van der Waals surface area (Å²) in [6.07, 6.45) is 0.636. The van der Waals surface area contributed by atoms with Crippen LogP contribution in [0.2, 0.25) is 0 Å². The number of methoxy groups -OCH3 is 1. The largest absolute Gasteiger partial charge is 0.435 e. The van der Waals surface area contributed by atoms with Crippen molar-refractivity contribution in [3.8, 4) is 17.3 Å². The number of hydrogen-bond acceptors (Lipinski definition) is 4. The minimum Gasteiger partial charge on any atom is -0.435 e. The summed E-state index contributed by atoms with van der Waals surface area (Å²) in [4.78, 5) is 14.6. The van der Waals surface area contributed by atoms with Gasteiger partial charge in [0.15, 0.2) is 11.6 Å². The molecule has 6 nitrogen and oxygen atoms in total. The Morgan fingerprint density at radius 3 is 2.44 bits per heavy atom. The fourth-order valence-electron chi connectivity index (χ4n) is 3.43. The van der Waals surface area contributed by atoms with Crippen molar-refractivity contribution in [2.75, 3.05) is 20.3 Å². The predicted octanol–water partition coefficient (Wildman–Crippen LogP) is 5.00. The van der Waals surface area contributed by atoms with E-state index in [1.807, 2.05) is 51.1 Å². The summed E-state index contributed by atoms with van der Waals surface area (Å²) in [6.45, 7) is 6.88. The van der Waals surface area contributed by atoms with E-state index in [2.05, 4.69) is 0 Å². The Balaban J connectivity index is 2.11. The van der Waals surface area contributed by atoms with Gasteiger partial charge in [-0.15, -0.1) is 0 Å². The topological polar surface area (TPSA) is 56.6 Å². The van der Waals surface area contributed by atoms with Gasteiger partial charge in [-0.3, -0.25) is 4.79 Å². The van der Waals surface area contributed by atoms with Gasteiger partial charge in [0.05, 0.1) is 30.1 Å². The van der Waals surface area contributed by atoms with Gasteiger partial charge in [0.25, 0.3) is 0 Å². The molecule has 0 aliphatic carbocycles. The summed E-state index contributed by atoms with van der Waals surface area (Å²) in [5.41, 5.74) is 2.34. The van der Waals surface area contributed by atoms with Gasteiger partial charge >= 0.3 is 0 Å². The third-order valence-corrected chi connectivity index (χ3v) is 5.12. The molecule has 2 aromatic carbocycles. The highest BCUT2D eigenvalue weighted by molar-refractivity contribution is 5.78. The number of ether oxygens (including phenoxy) is 2. The van der Waals surface area contributed by atoms with Gasteiger partial charge in [0, 0.05) is 19.6 Å². The molecular weight excluding hydrogens is 409 g/mol. The first-order valence-corrected chi connectivity index (χ1v) is 10.8. The summed E-state index contributed by atoms with van der Waals surface area (Å²) in [7, 11) is 1.61. The zero-order valence-corrected chi connectivity index (χ0v) is 19.0. The number of hydrogen-bond donors (Lipinski definition) is 0. The average Bonchev–Trinajstić information content (AvgIpc) is 3.15. The molecule has 0 bridgehead atoms. The second kappa shape index (κ2) is 10.9. The van der Waals surface area contributed by atoms with Crippen LogP contribution in [0.5, 0.6) is 11.6 Å². The quantitative estimate of drug-likeness (QED) is 0.446. The fourth-order valence-corrected chi connectivity index (χ4v) is 3.43. The molecule has 32 heavy (non-hydrogen) atoms. The van der Waals surface area contributed by atoms with Crippen LogP contribution in [0.15, 0.2) is 54.6 Å². The Morgan fingerprint density at radius 1 is 1.12 bits per heavy atom. The second-order valence-corrected chi connectivity index (χ2v) is 7.77. The summed E-state index contributed by atoms with van der Waals surface area (Å²) in [5, 5.41) is 4.76. The van der Waals surface area contributed by atoms with E-state index in [-0.39, 0.29) is 17.6 Å². The second-order valence-electron chi connectivity index (χ2n) is 7.77. The molecule has 0 N–H and O–H groups in total. The first-order chi connectivity index (χ1) is 15.5. The van der Waals surface area contributed by atoms with Crippen LogP contribution in [-0.4, -0.2) is 40.8 Å². The van der Waals surface area contributed by atoms with Crippen molar-refractivity contribution < 1.29 is 18.7 Å². The number of aryl methyl sites for hydroxylation is 1. The lowest BCUT2D eigenvalue weighted by Gasteiger charge is -2.25. The van der Waals surface area contributed by atoms with E-state index in [0.717, 1.165) is 16.9 Å². The first-order valence-electron chi connectivity index (χ1n) is 10.8. The third-order valence-electron chi connectivity index (χ3n) is 5.12. The highest BCUT2D eigenvalue weighted by atomic mass is 19.1. The smallest absolute Gasteiger partial charge is 0.228 e. The highest BCUT2D eigenvalue weighted by Crippen LogP contribution is 2.33. The van der Waals surface area contributed by atoms with Crippen molar-refractivity contribution >= 4 is 5.91 Å². The maximum Gasteiger partial charge on any atom is 0.228 e. The summed E-state index contributed by atoms with van der Waals surface area (Å²) in [6, 6.07) is 15.8. The van der Waals surface area contributed by atoms with Crippen molar-refractivity contribution in [1.29, 1.82) is 0 Å². The van der Waals surface area contributed by atoms with E-state index in [1.54, 1.807) is 34.9 Å². The SMILES string of the molecule is CCc1nn(-c2ccccc2)c(Oc2ccccc2F)c1CN(CCOC)C(=O)C(C)C. The van der Waals surface area contributed by atoms with Gasteiger partial charge in [-0.25, -0.2) is 9.07 Å². The van der Waals surface area contributed by atoms with Crippen LogP contribution in [0.25, 0.3) is 5.69 Å². The van der Waals surface area contributed by atoms with E-state index in [4.69, 9.17) is 14.6 Å². The number of nitrogens with zero attached hydrogens (tertiary/aromatic N) is 3. The van der Waals surface area contributed by atoms with E-state index in [0.29, 0.717) is 32.0 Å². The number of benzene rings is 2. The summed E-state index contributed by atoms with van der Waals surface area (Å²) in [5.74, 6) is -0.124. The molecule has 0 spiro atoms. The molecule has 3 aromatic rings. The fraction of sp³-hybridized carbons (Fsp3) is 0.360. The highest BCUT2D eigenvalue weighted by Gasteiger charge is 2.26. The van der Waals surface area contributed by atoms with Crippen LogP contribution < -0.4 is 4.74 Å². The van der Waals surface area contributed by atoms with Crippen LogP contribution in [0.3, 0.4) is 0 Å². The Bertz CT molecular complexity index is 1030. The van der Waals surface area contributed by atoms with Crippen molar-refractivity contribution in [3.05, 3.63) is 71.7 Å². The van der Waals surface area contributed by atoms with E-state index in [1.165, 1.54) is 6.07 Å². The predicted molar refractivity (Wildman–Crippen MR) is 122 cm³/mol. The standard InChI is InChI=1S/C25H30FN3O3/c1-5-22-20(17-28(15-16-31-4)24(30)18(2)3)25(32-23-14-10-9-13-21(23)26)29(27-22)19-11-7-6-8-12-19/h6-14,18H,5,15-17H2,1-4H3. The van der Waals surface area contributed by atoms with E-state index < -0.39 is 5.82 Å². The van der Waals surface area contributed by atoms with Crippen molar-refractivity contribution in [2.45, 2.75) is 33.7 Å². The number of rotatable bonds is 10. The molecule has 0 aliphatic rings. The molecular formula is C25H30FN3O3. The number of carbonyl (C=O) groups excluding carboxylic acids is 1. The Morgan fingerprint density at radius 2 is 1.81 bits per heavy atom. The molecule has 0 saturated heterocycles. The zero-order valence-electron chi connectivity index (χ0n) is 19.0. The molecule has 0 radical (unpaired) electrons. The summed E-state index contributed by atoms with van der Waals surface area (Å²) < 4.78 is 27.5. The molecule has 1 heterocycles. The third kappa shape index (κ3) is 5.34. The maximum absolute atomic E-state index is 14.5. The van der Waals surface area contributed by atoms with Crippen LogP contribution in [-0.2, 0) is 22.5 Å². The lowest BCUT2D eigenvalue weighted by molar-refractivity contribution is -0.135. The molecule has 0 aliphatic heterocycles. The summed E-state index contributed by atoms with van der Waals surface area (Å²) >= 11 is 0. The van der Waals surface area contributed by atoms with Gasteiger partial charge in [0.2, 0.25) is 11.8 Å². The minimum absolute atomic E-state index is 0.00778. The average molecular weight is 440 g/mol. The maximum atomic E-state index is 14.5. The number of halogens is 1. The van der Waals surface area contributed by atoms with E-state index in [9.17, 15) is 9.18 Å². The van der Waals surface area contributed by atoms with Gasteiger partial charge in [-0.05, 0) is 30.7 Å². The molecule has 0 unspecified atom stereocenters. The lowest BCUT2D eigenvalue weighted by Crippen LogP contribution is -2.36. The van der Waals surface area contributed by atoms with Crippen molar-refractivity contribution in [2.24, 2.45) is 5.92 Å². The molecule has 3 rings (SSSR count). The van der Waals surface area contributed by atoms with Crippen LogP contribution >= 0.6 is 0 Å². The molecule has 0 fully saturated rings. The molecule has 1 amide bonds. The van der Waals surface area contributed by atoms with Crippen LogP contribution in [0.1, 0.15) is 32.0 Å². The molecule has 0 atom stereocenters. The van der Waals surface area contributed by atoms with Crippen LogP contribution in [0, 0.1) is 11.7 Å². The zero-order chi connectivity index (χ0) is 23.1. The van der Waals surface area contributed by atoms with E-state index >= 15 is 0 Å². The van der Waals surface area contributed by atoms with Gasteiger partial charge in [-0.2, -0.15) is 5.10 Å². The number of para-hydroxylation sites is 2. The minimum atomic E-state index is -0.466. The molecule has 0 saturated carbocycles. The Kier molecular flexibility index (Phi) is 8.00. The number of aromatic nitrogens is 2. The van der Waals surface area contributed by atoms with Crippen molar-refractivity contribution in [1.82, 2.24) is 14.7 Å². The van der Waals surface area contributed by atoms with Gasteiger partial charge in [0.1, 0.15) is 0 Å². The normalized spacial score (nSPS) is 11.1. The Labute approximate surface area is 188 Å². The lowest BCUT2D eigenvalue weighted by atomic mass is 10.1. The van der Waals surface area contributed by atoms with Crippen molar-refractivity contribution in [3.63, 3.8) is 0 Å². The van der Waals surface area contributed by atoms with Gasteiger partial charge in [-0.1, -0.05) is 51.1 Å². The molecule has 170 valence electrons. The monoisotopic (exact) mass is 439 g/mol. The molecule has 1 aromatic heterocycles. The first kappa shape index (κ1) is 23.5. The molecule has 7 heteroatoms. The number of carbonyl (C=O) groups is 1. The number of amides is 1. The van der Waals surface area contributed by atoms with Crippen LogP contribution in [0.4, 0.5) is 4.39 Å². The Hall–Kier alpha value is -3.19. The van der Waals surface area contributed by atoms with Gasteiger partial charge < -0.3 is 14.4 Å².